The van der Waals surface area contributed by atoms with Crippen molar-refractivity contribution in [3.63, 3.8) is 0 Å². The molecule has 0 atom stereocenters. The predicted molar refractivity (Wildman–Crippen MR) is 77.8 cm³/mol. The van der Waals surface area contributed by atoms with Crippen LogP contribution in [0.3, 0.4) is 0 Å². The van der Waals surface area contributed by atoms with Gasteiger partial charge >= 0.3 is 0 Å². The highest BCUT2D eigenvalue weighted by atomic mass is 15.1. The molecule has 0 spiro atoms. The van der Waals surface area contributed by atoms with Crippen molar-refractivity contribution in [1.82, 2.24) is 15.2 Å². The molecule has 19 heavy (non-hydrogen) atoms. The van der Waals surface area contributed by atoms with Crippen LogP contribution in [0.4, 0.5) is 0 Å². The number of nitrogens with one attached hydrogen (secondary N) is 1. The first-order valence-electron chi connectivity index (χ1n) is 6.11. The van der Waals surface area contributed by atoms with Gasteiger partial charge in [0.2, 0.25) is 0 Å². The van der Waals surface area contributed by atoms with E-state index < -0.39 is 0 Å². The first-order chi connectivity index (χ1) is 9.43. The van der Waals surface area contributed by atoms with E-state index in [1.165, 1.54) is 5.39 Å². The Kier molecular flexibility index (Phi) is 3.19. The molecule has 92 valence electrons. The largest absolute Gasteiger partial charge is 0.278 e. The number of rotatable bonds is 0. The zero-order chi connectivity index (χ0) is 12.9. The zero-order valence-corrected chi connectivity index (χ0v) is 10.3. The fourth-order valence-electron chi connectivity index (χ4n) is 1.90. The summed E-state index contributed by atoms with van der Waals surface area (Å²) in [7, 11) is 0. The van der Waals surface area contributed by atoms with Crippen LogP contribution in [0.15, 0.2) is 73.1 Å². The quantitative estimate of drug-likeness (QED) is 0.513. The number of hydrogen-bond acceptors (Lipinski definition) is 2. The van der Waals surface area contributed by atoms with E-state index in [1.807, 2.05) is 60.9 Å². The molecule has 0 amide bonds. The molecule has 0 radical (unpaired) electrons. The lowest BCUT2D eigenvalue weighted by Crippen LogP contribution is -1.73. The molecule has 0 aliphatic rings. The molecular weight excluding hydrogens is 234 g/mol. The molecular formula is C16H13N3. The van der Waals surface area contributed by atoms with Gasteiger partial charge in [-0.3, -0.25) is 10.1 Å². The first kappa shape index (κ1) is 11.4. The number of aromatic amines is 1. The number of para-hydroxylation sites is 2. The summed E-state index contributed by atoms with van der Waals surface area (Å²) < 4.78 is 0. The van der Waals surface area contributed by atoms with Crippen LogP contribution in [0.1, 0.15) is 0 Å². The third-order valence-corrected chi connectivity index (χ3v) is 2.86. The summed E-state index contributed by atoms with van der Waals surface area (Å²) in [6.45, 7) is 0. The lowest BCUT2D eigenvalue weighted by Gasteiger charge is -1.91. The smallest absolute Gasteiger partial charge is 0.0701 e. The Balaban J connectivity index is 0.000000117. The second-order valence-electron chi connectivity index (χ2n) is 4.15. The number of pyridine rings is 1. The molecule has 4 rings (SSSR count). The van der Waals surface area contributed by atoms with Gasteiger partial charge in [0, 0.05) is 17.0 Å². The Bertz CT molecular complexity index is 694. The van der Waals surface area contributed by atoms with Crippen molar-refractivity contribution in [3.05, 3.63) is 73.1 Å². The molecule has 0 unspecified atom stereocenters. The highest BCUT2D eigenvalue weighted by molar-refractivity contribution is 5.78. The van der Waals surface area contributed by atoms with Crippen LogP contribution in [0.2, 0.25) is 0 Å². The number of H-pyrrole nitrogens is 1. The molecule has 2 heterocycles. The maximum absolute atomic E-state index is 4.18. The van der Waals surface area contributed by atoms with Gasteiger partial charge in [0.15, 0.2) is 0 Å². The first-order valence-corrected chi connectivity index (χ1v) is 6.11. The molecule has 0 bridgehead atoms. The maximum atomic E-state index is 4.18. The second-order valence-corrected chi connectivity index (χ2v) is 4.15. The van der Waals surface area contributed by atoms with Gasteiger partial charge in [0.1, 0.15) is 0 Å². The van der Waals surface area contributed by atoms with Crippen LogP contribution < -0.4 is 0 Å². The summed E-state index contributed by atoms with van der Waals surface area (Å²) in [5.74, 6) is 0. The molecule has 2 aromatic heterocycles. The van der Waals surface area contributed by atoms with Crippen LogP contribution in [-0.2, 0) is 0 Å². The van der Waals surface area contributed by atoms with E-state index in [1.54, 1.807) is 0 Å². The van der Waals surface area contributed by atoms with E-state index in [9.17, 15) is 0 Å². The second kappa shape index (κ2) is 5.31. The molecule has 2 aromatic carbocycles. The predicted octanol–water partition coefficient (Wildman–Crippen LogP) is 3.80. The molecule has 0 saturated heterocycles. The minimum Gasteiger partial charge on any atom is -0.278 e. The van der Waals surface area contributed by atoms with E-state index in [2.05, 4.69) is 27.3 Å². The van der Waals surface area contributed by atoms with Crippen molar-refractivity contribution in [3.8, 4) is 0 Å². The lowest BCUT2D eigenvalue weighted by molar-refractivity contribution is 1.12. The molecule has 0 aliphatic heterocycles. The van der Waals surface area contributed by atoms with E-state index in [-0.39, 0.29) is 0 Å². The Morgan fingerprint density at radius 1 is 0.737 bits per heavy atom. The topological polar surface area (TPSA) is 41.6 Å². The van der Waals surface area contributed by atoms with Gasteiger partial charge in [-0.15, -0.1) is 0 Å². The Morgan fingerprint density at radius 2 is 1.47 bits per heavy atom. The van der Waals surface area contributed by atoms with Crippen molar-refractivity contribution in [1.29, 1.82) is 0 Å². The fraction of sp³-hybridized carbons (Fsp3) is 0. The van der Waals surface area contributed by atoms with Crippen LogP contribution >= 0.6 is 0 Å². The van der Waals surface area contributed by atoms with Crippen LogP contribution in [0, 0.1) is 0 Å². The molecule has 3 heteroatoms. The molecule has 0 aliphatic carbocycles. The summed E-state index contributed by atoms with van der Waals surface area (Å²) in [5.41, 5.74) is 2.16. The van der Waals surface area contributed by atoms with Gasteiger partial charge in [0.05, 0.1) is 17.2 Å². The third-order valence-electron chi connectivity index (χ3n) is 2.86. The van der Waals surface area contributed by atoms with Crippen molar-refractivity contribution < 1.29 is 0 Å². The highest BCUT2D eigenvalue weighted by Gasteiger charge is 1.88. The number of aromatic nitrogens is 3. The van der Waals surface area contributed by atoms with Gasteiger partial charge in [0.25, 0.3) is 0 Å². The Morgan fingerprint density at radius 3 is 2.32 bits per heavy atom. The number of nitrogens with zero attached hydrogens (tertiary/aromatic N) is 2. The van der Waals surface area contributed by atoms with Crippen molar-refractivity contribution in [2.24, 2.45) is 0 Å². The summed E-state index contributed by atoms with van der Waals surface area (Å²) in [5, 5.41) is 9.11. The molecule has 0 fully saturated rings. The van der Waals surface area contributed by atoms with Crippen molar-refractivity contribution in [2.45, 2.75) is 0 Å². The van der Waals surface area contributed by atoms with Crippen molar-refractivity contribution >= 4 is 21.8 Å². The van der Waals surface area contributed by atoms with Crippen LogP contribution in [-0.4, -0.2) is 15.2 Å². The molecule has 4 aromatic rings. The molecule has 0 saturated carbocycles. The highest BCUT2D eigenvalue weighted by Crippen LogP contribution is 2.08. The van der Waals surface area contributed by atoms with Gasteiger partial charge in [-0.1, -0.05) is 42.5 Å². The fourth-order valence-corrected chi connectivity index (χ4v) is 1.90. The number of fused-ring (bicyclic) bond motifs is 2. The zero-order valence-electron chi connectivity index (χ0n) is 10.3. The van der Waals surface area contributed by atoms with Gasteiger partial charge in [-0.25, -0.2) is 0 Å². The minimum absolute atomic E-state index is 1.06. The third kappa shape index (κ3) is 2.60. The average Bonchev–Trinajstić information content (AvgIpc) is 2.96. The summed E-state index contributed by atoms with van der Waals surface area (Å²) >= 11 is 0. The van der Waals surface area contributed by atoms with E-state index >= 15 is 0 Å². The van der Waals surface area contributed by atoms with Crippen LogP contribution in [0.25, 0.3) is 21.8 Å². The number of hydrogen-bond donors (Lipinski definition) is 1. The van der Waals surface area contributed by atoms with E-state index in [0.29, 0.717) is 0 Å². The van der Waals surface area contributed by atoms with Crippen LogP contribution in [0.5, 0.6) is 0 Å². The van der Waals surface area contributed by atoms with Gasteiger partial charge < -0.3 is 0 Å². The van der Waals surface area contributed by atoms with Gasteiger partial charge in [-0.2, -0.15) is 5.10 Å². The monoisotopic (exact) mass is 247 g/mol. The van der Waals surface area contributed by atoms with Crippen molar-refractivity contribution in [2.75, 3.05) is 0 Å². The number of benzene rings is 2. The standard InChI is InChI=1S/C9H7N.C7H6N2/c1-2-6-9-8(4-1)5-3-7-10-9;1-2-4-7-6(3-1)5-8-9-7/h1-7H;1-5H,(H,8,9). The van der Waals surface area contributed by atoms with Gasteiger partial charge in [-0.05, 0) is 18.2 Å². The molecule has 3 nitrogen and oxygen atoms in total. The Hall–Kier alpha value is -2.68. The van der Waals surface area contributed by atoms with E-state index in [0.717, 1.165) is 16.4 Å². The summed E-state index contributed by atoms with van der Waals surface area (Å²) in [6.07, 6.45) is 3.62. The summed E-state index contributed by atoms with van der Waals surface area (Å²) in [4.78, 5) is 4.18. The minimum atomic E-state index is 1.06. The average molecular weight is 247 g/mol. The van der Waals surface area contributed by atoms with E-state index in [4.69, 9.17) is 0 Å². The maximum Gasteiger partial charge on any atom is 0.0701 e. The molecule has 1 N–H and O–H groups in total. The lowest BCUT2D eigenvalue weighted by atomic mass is 10.2. The summed E-state index contributed by atoms with van der Waals surface area (Å²) in [6, 6.07) is 20.1. The SMILES string of the molecule is c1ccc2[nH]ncc2c1.c1ccc2ncccc2c1. The normalized spacial score (nSPS) is 10.1. The Labute approximate surface area is 110 Å².